The number of nitrogens with zero attached hydrogens (tertiary/aromatic N) is 2. The van der Waals surface area contributed by atoms with E-state index in [0.29, 0.717) is 12.5 Å². The molecule has 1 aromatic heterocycles. The van der Waals surface area contributed by atoms with Crippen LogP contribution >= 0.6 is 0 Å². The second-order valence-electron chi connectivity index (χ2n) is 6.23. The number of aromatic nitrogens is 2. The summed E-state index contributed by atoms with van der Waals surface area (Å²) in [4.78, 5) is 12.2. The highest BCUT2D eigenvalue weighted by molar-refractivity contribution is 5.85. The number of carbonyl (C=O) groups is 1. The lowest BCUT2D eigenvalue weighted by molar-refractivity contribution is -0.128. The van der Waals surface area contributed by atoms with Crippen molar-refractivity contribution in [2.45, 2.75) is 76.5 Å². The molecule has 0 spiro atoms. The predicted molar refractivity (Wildman–Crippen MR) is 76.6 cm³/mol. The summed E-state index contributed by atoms with van der Waals surface area (Å²) < 4.78 is 7.70. The summed E-state index contributed by atoms with van der Waals surface area (Å²) in [5.41, 5.74) is 0.892. The maximum Gasteiger partial charge on any atom is 0.167 e. The molecule has 1 aromatic rings. The van der Waals surface area contributed by atoms with Gasteiger partial charge in [-0.1, -0.05) is 19.3 Å². The number of carbonyl (C=O) groups excluding carboxylic acids is 1. The fourth-order valence-corrected chi connectivity index (χ4v) is 3.35. The molecule has 0 radical (unpaired) electrons. The smallest absolute Gasteiger partial charge is 0.167 e. The molecular formula is C16H24N2O2. The molecule has 2 aliphatic rings. The van der Waals surface area contributed by atoms with Gasteiger partial charge in [0.25, 0.3) is 0 Å². The lowest BCUT2D eigenvalue weighted by Crippen LogP contribution is -2.23. The minimum atomic E-state index is -0.204. The van der Waals surface area contributed by atoms with Gasteiger partial charge in [-0.05, 0) is 38.7 Å². The fraction of sp³-hybridized carbons (Fsp3) is 0.750. The van der Waals surface area contributed by atoms with Crippen LogP contribution in [0.4, 0.5) is 0 Å². The normalized spacial score (nSPS) is 27.9. The second kappa shape index (κ2) is 6.08. The van der Waals surface area contributed by atoms with Crippen molar-refractivity contribution in [1.82, 2.24) is 9.78 Å². The Bertz CT molecular complexity index is 463. The zero-order valence-electron chi connectivity index (χ0n) is 12.3. The highest BCUT2D eigenvalue weighted by Crippen LogP contribution is 2.27. The van der Waals surface area contributed by atoms with E-state index in [4.69, 9.17) is 4.74 Å². The summed E-state index contributed by atoms with van der Waals surface area (Å²) in [5.74, 6) is 0.184. The summed E-state index contributed by atoms with van der Waals surface area (Å²) in [6.45, 7) is 2.03. The highest BCUT2D eigenvalue weighted by Gasteiger charge is 2.28. The van der Waals surface area contributed by atoms with Crippen molar-refractivity contribution in [3.05, 3.63) is 18.0 Å². The maximum absolute atomic E-state index is 12.2. The molecule has 2 fully saturated rings. The zero-order valence-corrected chi connectivity index (χ0v) is 12.3. The first-order valence-electron chi connectivity index (χ1n) is 7.94. The van der Waals surface area contributed by atoms with E-state index in [1.165, 1.54) is 32.1 Å². The largest absolute Gasteiger partial charge is 0.367 e. The van der Waals surface area contributed by atoms with Crippen molar-refractivity contribution in [3.8, 4) is 0 Å². The summed E-state index contributed by atoms with van der Waals surface area (Å²) in [6.07, 6.45) is 10.7. The first kappa shape index (κ1) is 13.8. The van der Waals surface area contributed by atoms with Crippen LogP contribution < -0.4 is 0 Å². The van der Waals surface area contributed by atoms with Crippen LogP contribution in [0.1, 0.15) is 63.6 Å². The van der Waals surface area contributed by atoms with Crippen molar-refractivity contribution in [1.29, 1.82) is 0 Å². The molecule has 2 unspecified atom stereocenters. The standard InChI is InChI=1S/C16H24N2O2/c1-12-7-8-16(20-12)15(19)11-13-9-10-18(17-13)14-5-3-2-4-6-14/h9-10,12,14,16H,2-8,11H2,1H3. The molecule has 2 atom stereocenters. The number of ether oxygens (including phenoxy) is 1. The number of rotatable bonds is 4. The first-order valence-corrected chi connectivity index (χ1v) is 7.94. The molecule has 1 aliphatic heterocycles. The minimum Gasteiger partial charge on any atom is -0.367 e. The van der Waals surface area contributed by atoms with Crippen molar-refractivity contribution in [2.75, 3.05) is 0 Å². The Kier molecular flexibility index (Phi) is 4.20. The van der Waals surface area contributed by atoms with Gasteiger partial charge < -0.3 is 4.74 Å². The van der Waals surface area contributed by atoms with Crippen LogP contribution in [0.3, 0.4) is 0 Å². The molecule has 1 aliphatic carbocycles. The third-order valence-electron chi connectivity index (χ3n) is 4.56. The molecule has 0 N–H and O–H groups in total. The van der Waals surface area contributed by atoms with Crippen molar-refractivity contribution in [2.24, 2.45) is 0 Å². The lowest BCUT2D eigenvalue weighted by atomic mass is 9.96. The lowest BCUT2D eigenvalue weighted by Gasteiger charge is -2.21. The van der Waals surface area contributed by atoms with Crippen LogP contribution in [0, 0.1) is 0 Å². The third-order valence-corrected chi connectivity index (χ3v) is 4.56. The Morgan fingerprint density at radius 3 is 2.80 bits per heavy atom. The van der Waals surface area contributed by atoms with Gasteiger partial charge in [0, 0.05) is 6.20 Å². The molecule has 0 bridgehead atoms. The van der Waals surface area contributed by atoms with Gasteiger partial charge in [-0.25, -0.2) is 0 Å². The molecule has 0 amide bonds. The summed E-state index contributed by atoms with van der Waals surface area (Å²) in [7, 11) is 0. The summed E-state index contributed by atoms with van der Waals surface area (Å²) >= 11 is 0. The van der Waals surface area contributed by atoms with Gasteiger partial charge in [-0.15, -0.1) is 0 Å². The van der Waals surface area contributed by atoms with Crippen molar-refractivity contribution >= 4 is 5.78 Å². The molecule has 1 saturated heterocycles. The van der Waals surface area contributed by atoms with Crippen LogP contribution in [0.5, 0.6) is 0 Å². The van der Waals surface area contributed by atoms with Gasteiger partial charge in [0.05, 0.1) is 24.3 Å². The van der Waals surface area contributed by atoms with Gasteiger partial charge in [-0.3, -0.25) is 9.48 Å². The average molecular weight is 276 g/mol. The van der Waals surface area contributed by atoms with Gasteiger partial charge in [0.1, 0.15) is 6.10 Å². The minimum absolute atomic E-state index is 0.184. The fourth-order valence-electron chi connectivity index (χ4n) is 3.35. The van der Waals surface area contributed by atoms with Crippen LogP contribution in [0.15, 0.2) is 12.3 Å². The Morgan fingerprint density at radius 1 is 1.30 bits per heavy atom. The van der Waals surface area contributed by atoms with Crippen molar-refractivity contribution in [3.63, 3.8) is 0 Å². The molecule has 110 valence electrons. The van der Waals surface area contributed by atoms with E-state index in [9.17, 15) is 4.79 Å². The average Bonchev–Trinajstić information content (AvgIpc) is 3.09. The molecule has 1 saturated carbocycles. The van der Waals surface area contributed by atoms with Crippen LogP contribution in [-0.4, -0.2) is 27.8 Å². The van der Waals surface area contributed by atoms with E-state index in [2.05, 4.69) is 9.78 Å². The molecule has 4 heteroatoms. The Morgan fingerprint density at radius 2 is 2.10 bits per heavy atom. The SMILES string of the molecule is CC1CCC(C(=O)Cc2ccn(C3CCCCC3)n2)O1. The number of hydrogen-bond acceptors (Lipinski definition) is 3. The monoisotopic (exact) mass is 276 g/mol. The highest BCUT2D eigenvalue weighted by atomic mass is 16.5. The van der Waals surface area contributed by atoms with E-state index in [0.717, 1.165) is 18.5 Å². The van der Waals surface area contributed by atoms with Crippen LogP contribution in [-0.2, 0) is 16.0 Å². The van der Waals surface area contributed by atoms with Crippen LogP contribution in [0.2, 0.25) is 0 Å². The van der Waals surface area contributed by atoms with Gasteiger partial charge >= 0.3 is 0 Å². The molecule has 3 rings (SSSR count). The van der Waals surface area contributed by atoms with Crippen molar-refractivity contribution < 1.29 is 9.53 Å². The first-order chi connectivity index (χ1) is 9.72. The Balaban J connectivity index is 1.58. The Hall–Kier alpha value is -1.16. The number of hydrogen-bond donors (Lipinski definition) is 0. The predicted octanol–water partition coefficient (Wildman–Crippen LogP) is 3.07. The molecule has 4 nitrogen and oxygen atoms in total. The van der Waals surface area contributed by atoms with Gasteiger partial charge in [-0.2, -0.15) is 5.10 Å². The Labute approximate surface area is 120 Å². The van der Waals surface area contributed by atoms with Gasteiger partial charge in [0.2, 0.25) is 0 Å². The summed E-state index contributed by atoms with van der Waals surface area (Å²) in [5, 5.41) is 4.60. The van der Waals surface area contributed by atoms with E-state index in [1.807, 2.05) is 19.2 Å². The topological polar surface area (TPSA) is 44.1 Å². The third kappa shape index (κ3) is 3.11. The van der Waals surface area contributed by atoms with Crippen LogP contribution in [0.25, 0.3) is 0 Å². The quantitative estimate of drug-likeness (QED) is 0.849. The van der Waals surface area contributed by atoms with Gasteiger partial charge in [0.15, 0.2) is 5.78 Å². The molecule has 0 aromatic carbocycles. The number of Topliss-reactive ketones (excluding diaryl/α,β-unsaturated/α-hetero) is 1. The van der Waals surface area contributed by atoms with E-state index < -0.39 is 0 Å². The molecular weight excluding hydrogens is 252 g/mol. The van der Waals surface area contributed by atoms with E-state index >= 15 is 0 Å². The zero-order chi connectivity index (χ0) is 13.9. The maximum atomic E-state index is 12.2. The van der Waals surface area contributed by atoms with E-state index in [1.54, 1.807) is 0 Å². The summed E-state index contributed by atoms with van der Waals surface area (Å²) in [6, 6.07) is 2.53. The molecule has 2 heterocycles. The number of ketones is 1. The van der Waals surface area contributed by atoms with E-state index in [-0.39, 0.29) is 18.0 Å². The molecule has 20 heavy (non-hydrogen) atoms. The second-order valence-corrected chi connectivity index (χ2v) is 6.23.